The number of hydrogen-bond acceptors (Lipinski definition) is 9. The monoisotopic (exact) mass is 557 g/mol. The summed E-state index contributed by atoms with van der Waals surface area (Å²) in [7, 11) is -4.27. The largest absolute Gasteiger partial charge is 0.407 e. The number of nitriles is 1. The van der Waals surface area contributed by atoms with Crippen molar-refractivity contribution in [2.45, 2.75) is 42.4 Å². The smallest absolute Gasteiger partial charge is 0.336 e. The molecule has 3 aromatic rings. The molecular formula is C22H19F4N5O4S2. The van der Waals surface area contributed by atoms with Gasteiger partial charge in [-0.05, 0) is 42.0 Å². The summed E-state index contributed by atoms with van der Waals surface area (Å²) in [5.74, 6) is -3.88. The van der Waals surface area contributed by atoms with Crippen LogP contribution >= 0.6 is 11.3 Å². The van der Waals surface area contributed by atoms with E-state index in [2.05, 4.69) is 20.8 Å². The van der Waals surface area contributed by atoms with Gasteiger partial charge in [-0.3, -0.25) is 10.1 Å². The van der Waals surface area contributed by atoms with Crippen molar-refractivity contribution in [3.05, 3.63) is 59.0 Å². The molecule has 0 saturated heterocycles. The summed E-state index contributed by atoms with van der Waals surface area (Å²) in [6, 6.07) is 4.27. The first-order valence-electron chi connectivity index (χ1n) is 10.8. The van der Waals surface area contributed by atoms with Crippen LogP contribution in [0, 0.1) is 17.1 Å². The highest BCUT2D eigenvalue weighted by Gasteiger charge is 2.48. The number of alkyl halides is 3. The molecule has 37 heavy (non-hydrogen) atoms. The molecule has 4 rings (SSSR count). The van der Waals surface area contributed by atoms with Crippen LogP contribution in [0.15, 0.2) is 46.3 Å². The second-order valence-corrected chi connectivity index (χ2v) is 11.5. The summed E-state index contributed by atoms with van der Waals surface area (Å²) in [4.78, 5) is 17.5. The van der Waals surface area contributed by atoms with Crippen molar-refractivity contribution in [2.24, 2.45) is 0 Å². The summed E-state index contributed by atoms with van der Waals surface area (Å²) in [5.41, 5.74) is -1.68. The van der Waals surface area contributed by atoms with Gasteiger partial charge in [-0.2, -0.15) is 23.4 Å². The molecule has 1 amide bonds. The number of sulfone groups is 1. The van der Waals surface area contributed by atoms with Crippen molar-refractivity contribution in [1.82, 2.24) is 20.8 Å². The third-order valence-corrected chi connectivity index (χ3v) is 7.91. The first-order valence-corrected chi connectivity index (χ1v) is 13.5. The average molecular weight is 558 g/mol. The zero-order valence-corrected chi connectivity index (χ0v) is 20.5. The Morgan fingerprint density at radius 2 is 1.95 bits per heavy atom. The number of aromatic nitrogens is 2. The van der Waals surface area contributed by atoms with Crippen LogP contribution in [0.2, 0.25) is 0 Å². The van der Waals surface area contributed by atoms with Gasteiger partial charge in [0, 0.05) is 0 Å². The highest BCUT2D eigenvalue weighted by molar-refractivity contribution is 7.90. The highest BCUT2D eigenvalue weighted by Crippen LogP contribution is 2.36. The van der Waals surface area contributed by atoms with Crippen LogP contribution in [-0.2, 0) is 20.4 Å². The molecule has 0 unspecified atom stereocenters. The zero-order chi connectivity index (χ0) is 26.8. The van der Waals surface area contributed by atoms with Gasteiger partial charge in [-0.1, -0.05) is 23.4 Å². The van der Waals surface area contributed by atoms with Gasteiger partial charge in [0.05, 0.1) is 16.7 Å². The molecule has 1 saturated carbocycles. The molecule has 2 N–H and O–H groups in total. The molecule has 15 heteroatoms. The van der Waals surface area contributed by atoms with E-state index in [1.165, 1.54) is 11.3 Å². The molecule has 1 aromatic carbocycles. The number of carbonyl (C=O) groups excluding carboxylic acids is 1. The number of amides is 1. The zero-order valence-electron chi connectivity index (χ0n) is 18.8. The number of carbonyl (C=O) groups is 1. The van der Waals surface area contributed by atoms with Crippen LogP contribution in [0.5, 0.6) is 0 Å². The van der Waals surface area contributed by atoms with E-state index in [4.69, 9.17) is 4.52 Å². The summed E-state index contributed by atoms with van der Waals surface area (Å²) < 4.78 is 86.0. The van der Waals surface area contributed by atoms with Gasteiger partial charge in [-0.25, -0.2) is 12.8 Å². The Morgan fingerprint density at radius 3 is 2.51 bits per heavy atom. The number of rotatable bonds is 10. The lowest BCUT2D eigenvalue weighted by Crippen LogP contribution is -2.54. The third-order valence-electron chi connectivity index (χ3n) is 5.51. The van der Waals surface area contributed by atoms with Crippen LogP contribution in [0.3, 0.4) is 0 Å². The van der Waals surface area contributed by atoms with Crippen LogP contribution in [-0.4, -0.2) is 48.0 Å². The van der Waals surface area contributed by atoms with Crippen molar-refractivity contribution in [3.63, 3.8) is 0 Å². The van der Waals surface area contributed by atoms with E-state index < -0.39 is 62.4 Å². The Hall–Kier alpha value is -3.35. The van der Waals surface area contributed by atoms with Gasteiger partial charge >= 0.3 is 6.18 Å². The Morgan fingerprint density at radius 1 is 1.24 bits per heavy atom. The van der Waals surface area contributed by atoms with Crippen LogP contribution in [0.25, 0.3) is 10.8 Å². The molecule has 2 aromatic heterocycles. The average Bonchev–Trinajstić information content (AvgIpc) is 3.19. The van der Waals surface area contributed by atoms with E-state index >= 15 is 0 Å². The molecule has 1 aliphatic rings. The van der Waals surface area contributed by atoms with Gasteiger partial charge in [0.1, 0.15) is 29.2 Å². The number of benzene rings is 1. The Labute approximate surface area is 212 Å². The maximum Gasteiger partial charge on any atom is 0.407 e. The molecular weight excluding hydrogens is 538 g/mol. The van der Waals surface area contributed by atoms with Gasteiger partial charge in [-0.15, -0.1) is 11.3 Å². The minimum atomic E-state index is -4.96. The van der Waals surface area contributed by atoms with E-state index in [0.717, 1.165) is 24.3 Å². The van der Waals surface area contributed by atoms with Crippen LogP contribution in [0.1, 0.15) is 30.3 Å². The Kier molecular flexibility index (Phi) is 7.36. The second kappa shape index (κ2) is 10.2. The second-order valence-electron chi connectivity index (χ2n) is 8.48. The van der Waals surface area contributed by atoms with Gasteiger partial charge in [0.2, 0.25) is 5.91 Å². The van der Waals surface area contributed by atoms with Crippen molar-refractivity contribution >= 4 is 27.1 Å². The van der Waals surface area contributed by atoms with E-state index in [9.17, 15) is 36.0 Å². The summed E-state index contributed by atoms with van der Waals surface area (Å²) in [5, 5.41) is 19.0. The lowest BCUT2D eigenvalue weighted by atomic mass is 10.0. The molecule has 2 atom stereocenters. The number of thiophene rings is 1. The Balaban J connectivity index is 1.58. The highest BCUT2D eigenvalue weighted by atomic mass is 32.2. The number of hydrogen-bond donors (Lipinski definition) is 2. The van der Waals surface area contributed by atoms with Crippen molar-refractivity contribution in [3.8, 4) is 16.8 Å². The third kappa shape index (κ3) is 6.70. The van der Waals surface area contributed by atoms with Crippen LogP contribution in [0.4, 0.5) is 17.6 Å². The molecule has 0 bridgehead atoms. The number of nitrogens with zero attached hydrogens (tertiary/aromatic N) is 3. The lowest BCUT2D eigenvalue weighted by Gasteiger charge is -2.28. The van der Waals surface area contributed by atoms with Crippen LogP contribution < -0.4 is 10.6 Å². The molecule has 1 fully saturated rings. The minimum Gasteiger partial charge on any atom is -0.336 e. The van der Waals surface area contributed by atoms with Crippen molar-refractivity contribution in [2.75, 3.05) is 5.75 Å². The summed E-state index contributed by atoms with van der Waals surface area (Å²) in [6.07, 6.45) is -4.40. The molecule has 0 radical (unpaired) electrons. The maximum atomic E-state index is 13.9. The van der Waals surface area contributed by atoms with Crippen molar-refractivity contribution < 1.29 is 35.3 Å². The predicted octanol–water partition coefficient (Wildman–Crippen LogP) is 3.29. The maximum absolute atomic E-state index is 13.9. The minimum absolute atomic E-state index is 0.0748. The first-order chi connectivity index (χ1) is 17.4. The number of halogens is 4. The van der Waals surface area contributed by atoms with Gasteiger partial charge < -0.3 is 9.84 Å². The Bertz CT molecular complexity index is 1400. The van der Waals surface area contributed by atoms with Crippen molar-refractivity contribution in [1.29, 1.82) is 5.26 Å². The standard InChI is InChI=1S/C22H19F4N5O4S2/c23-14-5-3-13(4-6-14)18(22(24,25)26)28-15(19(32)30-21(12-27)7-8-21)10-37(33,34)11-17-29-20(35-31-17)16-2-1-9-36-16/h1-6,9,15,18,28H,7-8,10-11H2,(H,30,32)/t15-,18-/m0/s1. The normalized spacial score (nSPS) is 16.5. The van der Waals surface area contributed by atoms with E-state index in [0.29, 0.717) is 4.88 Å². The first kappa shape index (κ1) is 26.7. The van der Waals surface area contributed by atoms with E-state index in [1.807, 2.05) is 6.07 Å². The van der Waals surface area contributed by atoms with Gasteiger partial charge in [0.25, 0.3) is 5.89 Å². The predicted molar refractivity (Wildman–Crippen MR) is 123 cm³/mol. The molecule has 2 heterocycles. The fourth-order valence-electron chi connectivity index (χ4n) is 3.47. The van der Waals surface area contributed by atoms with Gasteiger partial charge in [0.15, 0.2) is 15.7 Å². The molecule has 196 valence electrons. The van der Waals surface area contributed by atoms with E-state index in [-0.39, 0.29) is 24.6 Å². The number of nitrogens with one attached hydrogen (secondary N) is 2. The molecule has 0 aliphatic heterocycles. The quantitative estimate of drug-likeness (QED) is 0.362. The molecule has 0 spiro atoms. The lowest BCUT2D eigenvalue weighted by molar-refractivity contribution is -0.160. The molecule has 9 nitrogen and oxygen atoms in total. The summed E-state index contributed by atoms with van der Waals surface area (Å²) in [6.45, 7) is 0. The topological polar surface area (TPSA) is 138 Å². The van der Waals surface area contributed by atoms with E-state index in [1.54, 1.807) is 17.5 Å². The molecule has 1 aliphatic carbocycles. The fraction of sp³-hybridized carbons (Fsp3) is 0.364. The summed E-state index contributed by atoms with van der Waals surface area (Å²) >= 11 is 1.28. The SMILES string of the molecule is N#CC1(NC(=O)[C@H](CS(=O)(=O)Cc2noc(-c3cccs3)n2)N[C@@H](c2ccc(F)cc2)C(F)(F)F)CC1. The fourth-order valence-corrected chi connectivity index (χ4v) is 5.50.